The van der Waals surface area contributed by atoms with Gasteiger partial charge in [-0.2, -0.15) is 0 Å². The van der Waals surface area contributed by atoms with Crippen molar-refractivity contribution in [1.82, 2.24) is 10.6 Å². The van der Waals surface area contributed by atoms with Gasteiger partial charge in [-0.05, 0) is 79.7 Å². The molecular formula is C22H25Cl2N3. The predicted molar refractivity (Wildman–Crippen MR) is 116 cm³/mol. The molecular weight excluding hydrogens is 377 g/mol. The molecule has 0 spiro atoms. The maximum absolute atomic E-state index is 6.38. The normalized spacial score (nSPS) is 20.7. The summed E-state index contributed by atoms with van der Waals surface area (Å²) in [4.78, 5) is 0. The highest BCUT2D eigenvalue weighted by Gasteiger charge is 2.22. The van der Waals surface area contributed by atoms with Crippen LogP contribution < -0.4 is 16.0 Å². The molecule has 142 valence electrons. The molecule has 0 radical (unpaired) electrons. The zero-order valence-corrected chi connectivity index (χ0v) is 16.8. The second-order valence-electron chi connectivity index (χ2n) is 7.23. The molecule has 0 aromatic heterocycles. The minimum absolute atomic E-state index is 0.188. The first-order valence-corrected chi connectivity index (χ1v) is 10.4. The molecule has 0 saturated carbocycles. The molecule has 2 aliphatic rings. The molecule has 1 heterocycles. The van der Waals surface area contributed by atoms with Gasteiger partial charge in [0.2, 0.25) is 0 Å². The Morgan fingerprint density at radius 3 is 2.85 bits per heavy atom. The molecule has 27 heavy (non-hydrogen) atoms. The Morgan fingerprint density at radius 2 is 1.93 bits per heavy atom. The SMILES string of the molecule is Clc1cc(Cl)c2c(c1)C(NCCCNC1C=Cc3ccccc3N1)CCC2. The summed E-state index contributed by atoms with van der Waals surface area (Å²) in [7, 11) is 0. The standard InChI is InChI=1S/C22H25Cl2N3/c23-16-13-18-17(19(24)14-16)6-3-8-21(18)25-11-4-12-26-22-10-9-15-5-1-2-7-20(15)27-22/h1-2,5,7,9-10,13-14,21-22,25-27H,3-4,6,8,11-12H2. The van der Waals surface area contributed by atoms with Gasteiger partial charge in [0, 0.05) is 21.8 Å². The topological polar surface area (TPSA) is 36.1 Å². The molecule has 4 rings (SSSR count). The minimum atomic E-state index is 0.188. The van der Waals surface area contributed by atoms with Crippen molar-refractivity contribution in [3.05, 3.63) is 69.2 Å². The van der Waals surface area contributed by atoms with Crippen molar-refractivity contribution in [2.24, 2.45) is 0 Å². The molecule has 2 aromatic rings. The van der Waals surface area contributed by atoms with E-state index in [2.05, 4.69) is 58.4 Å². The van der Waals surface area contributed by atoms with Gasteiger partial charge in [-0.25, -0.2) is 0 Å². The molecule has 1 aliphatic carbocycles. The summed E-state index contributed by atoms with van der Waals surface area (Å²) < 4.78 is 0. The molecule has 2 unspecified atom stereocenters. The summed E-state index contributed by atoms with van der Waals surface area (Å²) in [5.41, 5.74) is 4.96. The van der Waals surface area contributed by atoms with Gasteiger partial charge in [-0.3, -0.25) is 5.32 Å². The van der Waals surface area contributed by atoms with E-state index in [9.17, 15) is 0 Å². The van der Waals surface area contributed by atoms with Crippen LogP contribution in [0.4, 0.5) is 5.69 Å². The highest BCUT2D eigenvalue weighted by molar-refractivity contribution is 6.35. The molecule has 0 amide bonds. The van der Waals surface area contributed by atoms with Crippen molar-refractivity contribution < 1.29 is 0 Å². The summed E-state index contributed by atoms with van der Waals surface area (Å²) in [6.07, 6.45) is 8.96. The molecule has 3 N–H and O–H groups in total. The zero-order chi connectivity index (χ0) is 18.6. The summed E-state index contributed by atoms with van der Waals surface area (Å²) in [6.45, 7) is 1.92. The fraction of sp³-hybridized carbons (Fsp3) is 0.364. The van der Waals surface area contributed by atoms with Gasteiger partial charge in [-0.15, -0.1) is 0 Å². The lowest BCUT2D eigenvalue weighted by atomic mass is 9.87. The Morgan fingerprint density at radius 1 is 1.07 bits per heavy atom. The van der Waals surface area contributed by atoms with Crippen LogP contribution in [0.25, 0.3) is 6.08 Å². The van der Waals surface area contributed by atoms with Gasteiger partial charge in [0.15, 0.2) is 0 Å². The second-order valence-corrected chi connectivity index (χ2v) is 8.07. The Balaban J connectivity index is 1.24. The number of fused-ring (bicyclic) bond motifs is 2. The summed E-state index contributed by atoms with van der Waals surface area (Å²) in [5, 5.41) is 12.3. The summed E-state index contributed by atoms with van der Waals surface area (Å²) in [6, 6.07) is 12.7. The van der Waals surface area contributed by atoms with Crippen LogP contribution in [0.3, 0.4) is 0 Å². The van der Waals surface area contributed by atoms with E-state index in [1.165, 1.54) is 28.8 Å². The van der Waals surface area contributed by atoms with E-state index >= 15 is 0 Å². The number of para-hydroxylation sites is 1. The lowest BCUT2D eigenvalue weighted by molar-refractivity contribution is 0.450. The van der Waals surface area contributed by atoms with E-state index in [1.54, 1.807) is 0 Å². The smallest absolute Gasteiger partial charge is 0.0964 e. The Hall–Kier alpha value is -1.52. The van der Waals surface area contributed by atoms with E-state index in [-0.39, 0.29) is 6.17 Å². The second kappa shape index (κ2) is 8.66. The van der Waals surface area contributed by atoms with Gasteiger partial charge < -0.3 is 10.6 Å². The number of benzene rings is 2. The Kier molecular flexibility index (Phi) is 6.04. The van der Waals surface area contributed by atoms with Crippen molar-refractivity contribution in [1.29, 1.82) is 0 Å². The lowest BCUT2D eigenvalue weighted by Gasteiger charge is -2.28. The maximum Gasteiger partial charge on any atom is 0.0964 e. The van der Waals surface area contributed by atoms with E-state index in [0.717, 1.165) is 42.4 Å². The first kappa shape index (κ1) is 18.8. The summed E-state index contributed by atoms with van der Waals surface area (Å²) >= 11 is 12.6. The first-order valence-electron chi connectivity index (χ1n) is 9.69. The molecule has 1 aliphatic heterocycles. The van der Waals surface area contributed by atoms with Crippen LogP contribution in [0, 0.1) is 0 Å². The number of nitrogens with one attached hydrogen (secondary N) is 3. The van der Waals surface area contributed by atoms with Crippen molar-refractivity contribution in [3.8, 4) is 0 Å². The fourth-order valence-corrected chi connectivity index (χ4v) is 4.58. The molecule has 0 fully saturated rings. The molecule has 0 bridgehead atoms. The van der Waals surface area contributed by atoms with Gasteiger partial charge in [0.25, 0.3) is 0 Å². The van der Waals surface area contributed by atoms with Crippen LogP contribution in [-0.2, 0) is 6.42 Å². The van der Waals surface area contributed by atoms with Crippen molar-refractivity contribution in [2.75, 3.05) is 18.4 Å². The molecule has 3 nitrogen and oxygen atoms in total. The molecule has 0 saturated heterocycles. The number of hydrogen-bond donors (Lipinski definition) is 3. The van der Waals surface area contributed by atoms with Crippen LogP contribution in [0.2, 0.25) is 10.0 Å². The van der Waals surface area contributed by atoms with Gasteiger partial charge in [0.1, 0.15) is 0 Å². The Bertz CT molecular complexity index is 834. The zero-order valence-electron chi connectivity index (χ0n) is 15.3. The third-order valence-electron chi connectivity index (χ3n) is 5.34. The molecule has 2 aromatic carbocycles. The first-order chi connectivity index (χ1) is 13.2. The summed E-state index contributed by atoms with van der Waals surface area (Å²) in [5.74, 6) is 0. The quantitative estimate of drug-likeness (QED) is 0.566. The van der Waals surface area contributed by atoms with Crippen LogP contribution >= 0.6 is 23.2 Å². The van der Waals surface area contributed by atoms with E-state index < -0.39 is 0 Å². The average molecular weight is 402 g/mol. The third kappa shape index (κ3) is 4.49. The largest absolute Gasteiger partial charge is 0.366 e. The minimum Gasteiger partial charge on any atom is -0.366 e. The van der Waals surface area contributed by atoms with E-state index in [0.29, 0.717) is 6.04 Å². The van der Waals surface area contributed by atoms with Crippen LogP contribution in [0.1, 0.15) is 42.0 Å². The van der Waals surface area contributed by atoms with Crippen molar-refractivity contribution in [3.63, 3.8) is 0 Å². The number of hydrogen-bond acceptors (Lipinski definition) is 3. The van der Waals surface area contributed by atoms with Crippen molar-refractivity contribution in [2.45, 2.75) is 37.9 Å². The predicted octanol–water partition coefficient (Wildman–Crippen LogP) is 5.41. The third-order valence-corrected chi connectivity index (χ3v) is 5.89. The van der Waals surface area contributed by atoms with Crippen LogP contribution in [0.15, 0.2) is 42.5 Å². The van der Waals surface area contributed by atoms with Gasteiger partial charge >= 0.3 is 0 Å². The number of halogens is 2. The maximum atomic E-state index is 6.38. The average Bonchev–Trinajstić information content (AvgIpc) is 2.68. The van der Waals surface area contributed by atoms with Crippen molar-refractivity contribution >= 4 is 35.0 Å². The van der Waals surface area contributed by atoms with Gasteiger partial charge in [0.05, 0.1) is 6.17 Å². The van der Waals surface area contributed by atoms with Crippen LogP contribution in [-0.4, -0.2) is 19.3 Å². The highest BCUT2D eigenvalue weighted by Crippen LogP contribution is 2.36. The molecule has 5 heteroatoms. The van der Waals surface area contributed by atoms with E-state index in [1.807, 2.05) is 6.07 Å². The monoisotopic (exact) mass is 401 g/mol. The number of rotatable bonds is 6. The molecule has 2 atom stereocenters. The van der Waals surface area contributed by atoms with Crippen LogP contribution in [0.5, 0.6) is 0 Å². The lowest BCUT2D eigenvalue weighted by Crippen LogP contribution is -2.37. The van der Waals surface area contributed by atoms with E-state index in [4.69, 9.17) is 23.2 Å². The highest BCUT2D eigenvalue weighted by atomic mass is 35.5. The fourth-order valence-electron chi connectivity index (χ4n) is 3.98. The number of anilines is 1. The van der Waals surface area contributed by atoms with Gasteiger partial charge in [-0.1, -0.05) is 47.5 Å². The Labute approximate surface area is 171 Å².